The van der Waals surface area contributed by atoms with Crippen molar-refractivity contribution in [1.82, 2.24) is 19.1 Å². The number of benzene rings is 2. The van der Waals surface area contributed by atoms with Crippen LogP contribution in [-0.2, 0) is 40.3 Å². The fraction of sp³-hybridized carbons (Fsp3) is 0.425. The smallest absolute Gasteiger partial charge is 0.293 e. The number of anilines is 2. The summed E-state index contributed by atoms with van der Waals surface area (Å²) in [6, 6.07) is 12.0. The van der Waals surface area contributed by atoms with E-state index in [0.29, 0.717) is 107 Å². The van der Waals surface area contributed by atoms with E-state index in [2.05, 4.69) is 9.97 Å². The Hall–Kier alpha value is -5.77. The molecule has 2 aliphatic rings. The third kappa shape index (κ3) is 11.1. The fourth-order valence-electron chi connectivity index (χ4n) is 6.84. The molecule has 2 aromatic heterocycles. The fourth-order valence-corrected chi connectivity index (χ4v) is 6.84. The van der Waals surface area contributed by atoms with Gasteiger partial charge in [-0.3, -0.25) is 19.2 Å². The predicted molar refractivity (Wildman–Crippen MR) is 206 cm³/mol. The molecule has 298 valence electrons. The third-order valence-electron chi connectivity index (χ3n) is 10.0. The number of carbonyl (C=O) groups is 3. The van der Waals surface area contributed by atoms with Gasteiger partial charge in [0.2, 0.25) is 11.8 Å². The van der Waals surface area contributed by atoms with Gasteiger partial charge < -0.3 is 40.3 Å². The van der Waals surface area contributed by atoms with Crippen molar-refractivity contribution >= 4 is 29.7 Å². The van der Waals surface area contributed by atoms with Crippen LogP contribution in [0.4, 0.5) is 20.4 Å². The summed E-state index contributed by atoms with van der Waals surface area (Å²) >= 11 is 0. The molecule has 5 N–H and O–H groups in total. The molecule has 2 aliphatic heterocycles. The zero-order valence-corrected chi connectivity index (χ0v) is 31.2. The number of rotatable bonds is 14. The maximum absolute atomic E-state index is 13.2. The van der Waals surface area contributed by atoms with E-state index in [4.69, 9.17) is 16.6 Å². The highest BCUT2D eigenvalue weighted by Crippen LogP contribution is 2.22. The first-order valence-electron chi connectivity index (χ1n) is 18.8. The van der Waals surface area contributed by atoms with Crippen molar-refractivity contribution in [2.45, 2.75) is 64.5 Å². The van der Waals surface area contributed by atoms with Crippen molar-refractivity contribution in [1.29, 1.82) is 0 Å². The maximum Gasteiger partial charge on any atom is 0.293 e. The van der Waals surface area contributed by atoms with Gasteiger partial charge >= 0.3 is 0 Å². The van der Waals surface area contributed by atoms with Crippen LogP contribution in [0.2, 0.25) is 0 Å². The van der Waals surface area contributed by atoms with Crippen molar-refractivity contribution in [2.75, 3.05) is 42.6 Å². The van der Waals surface area contributed by atoms with Crippen LogP contribution < -0.4 is 32.4 Å². The largest absolute Gasteiger partial charge is 0.396 e. The Bertz CT molecular complexity index is 2070. The molecule has 0 unspecified atom stereocenters. The second kappa shape index (κ2) is 19.7. The molecule has 14 nitrogen and oxygen atoms in total. The van der Waals surface area contributed by atoms with E-state index in [9.17, 15) is 32.8 Å². The molecule has 0 radical (unpaired) electrons. The summed E-state index contributed by atoms with van der Waals surface area (Å²) in [7, 11) is 0. The molecule has 56 heavy (non-hydrogen) atoms. The Kier molecular flexibility index (Phi) is 14.6. The van der Waals surface area contributed by atoms with Crippen molar-refractivity contribution in [3.63, 3.8) is 0 Å². The molecule has 4 heterocycles. The SMILES string of the molecule is NC(=O)C1CCN(c2nc(CCC=O)cn(Cc3ccc(F)cc3)c2=O)CC1.NC(=O)C1CCN(c2nc(CCCO)cn(Cc3ccc(F)cc3)c2=O)CC1. The van der Waals surface area contributed by atoms with Gasteiger partial charge in [-0.25, -0.2) is 18.7 Å². The van der Waals surface area contributed by atoms with Crippen LogP contribution in [0.1, 0.15) is 61.0 Å². The second-order valence-corrected chi connectivity index (χ2v) is 14.1. The van der Waals surface area contributed by atoms with E-state index in [0.717, 1.165) is 17.4 Å². The number of aromatic nitrogens is 4. The monoisotopic (exact) mass is 774 g/mol. The number of nitrogens with two attached hydrogens (primary N) is 2. The summed E-state index contributed by atoms with van der Waals surface area (Å²) in [5, 5.41) is 9.13. The van der Waals surface area contributed by atoms with Crippen molar-refractivity contribution < 1.29 is 28.3 Å². The van der Waals surface area contributed by atoms with Gasteiger partial charge in [0, 0.05) is 63.4 Å². The predicted octanol–water partition coefficient (Wildman–Crippen LogP) is 2.32. The van der Waals surface area contributed by atoms with Crippen molar-refractivity contribution in [2.24, 2.45) is 23.3 Å². The molecule has 2 fully saturated rings. The number of carbonyl (C=O) groups excluding carboxylic acids is 3. The van der Waals surface area contributed by atoms with Crippen LogP contribution in [0.25, 0.3) is 0 Å². The first kappa shape index (κ1) is 41.4. The van der Waals surface area contributed by atoms with Gasteiger partial charge in [0.25, 0.3) is 11.1 Å². The topological polar surface area (TPSA) is 200 Å². The van der Waals surface area contributed by atoms with Crippen molar-refractivity contribution in [3.05, 3.63) is 116 Å². The zero-order chi connectivity index (χ0) is 40.2. The number of nitrogens with zero attached hydrogens (tertiary/aromatic N) is 6. The minimum absolute atomic E-state index is 0.0398. The first-order valence-corrected chi connectivity index (χ1v) is 18.8. The first-order chi connectivity index (χ1) is 26.9. The molecule has 0 bridgehead atoms. The molecular formula is C40H48F2N8O6. The zero-order valence-electron chi connectivity index (χ0n) is 31.2. The number of hydrogen-bond acceptors (Lipinski definition) is 10. The van der Waals surface area contributed by atoms with E-state index in [1.54, 1.807) is 41.2 Å². The summed E-state index contributed by atoms with van der Waals surface area (Å²) in [4.78, 5) is 72.3. The molecule has 16 heteroatoms. The van der Waals surface area contributed by atoms with Crippen LogP contribution in [-0.4, -0.2) is 75.1 Å². The third-order valence-corrected chi connectivity index (χ3v) is 10.0. The van der Waals surface area contributed by atoms with Crippen LogP contribution in [0.3, 0.4) is 0 Å². The number of halogens is 2. The lowest BCUT2D eigenvalue weighted by atomic mass is 9.96. The molecule has 0 atom stereocenters. The molecule has 0 aliphatic carbocycles. The highest BCUT2D eigenvalue weighted by atomic mass is 19.1. The van der Waals surface area contributed by atoms with Crippen LogP contribution in [0.15, 0.2) is 70.5 Å². The Balaban J connectivity index is 0.000000214. The molecule has 2 aromatic carbocycles. The standard InChI is InChI=1S/C20H25FN4O3.C20H23FN4O3/c2*21-16-5-3-14(4-6-16)12-25-13-17(2-1-11-26)23-19(20(25)28)24-9-7-15(8-10-24)18(22)27/h3-6,13,15,26H,1-2,7-12H2,(H2,22,27);3-6,11,13,15H,1-2,7-10,12H2,(H2,22,27). The number of piperidine rings is 2. The van der Waals surface area contributed by atoms with E-state index < -0.39 is 0 Å². The van der Waals surface area contributed by atoms with Gasteiger partial charge in [0.1, 0.15) is 17.9 Å². The highest BCUT2D eigenvalue weighted by Gasteiger charge is 2.27. The number of primary amides is 2. The Morgan fingerprint density at radius 2 is 1.09 bits per heavy atom. The molecule has 0 spiro atoms. The number of hydrogen-bond donors (Lipinski definition) is 3. The summed E-state index contributed by atoms with van der Waals surface area (Å²) in [5.74, 6) is -0.984. The van der Waals surface area contributed by atoms with Gasteiger partial charge in [-0.15, -0.1) is 0 Å². The van der Waals surface area contributed by atoms with E-state index in [1.807, 2.05) is 9.80 Å². The normalized spacial score (nSPS) is 14.9. The lowest BCUT2D eigenvalue weighted by Crippen LogP contribution is -2.42. The van der Waals surface area contributed by atoms with Gasteiger partial charge in [-0.05, 0) is 80.3 Å². The van der Waals surface area contributed by atoms with Gasteiger partial charge in [-0.1, -0.05) is 24.3 Å². The Labute approximate surface area is 322 Å². The van der Waals surface area contributed by atoms with E-state index >= 15 is 0 Å². The summed E-state index contributed by atoms with van der Waals surface area (Å²) in [6.45, 7) is 2.73. The summed E-state index contributed by atoms with van der Waals surface area (Å²) < 4.78 is 29.4. The number of aldehydes is 1. The lowest BCUT2D eigenvalue weighted by molar-refractivity contribution is -0.123. The van der Waals surface area contributed by atoms with Crippen molar-refractivity contribution in [3.8, 4) is 0 Å². The highest BCUT2D eigenvalue weighted by molar-refractivity contribution is 5.77. The average Bonchev–Trinajstić information content (AvgIpc) is 3.20. The molecule has 4 aromatic rings. The minimum Gasteiger partial charge on any atom is -0.396 e. The molecule has 6 rings (SSSR count). The lowest BCUT2D eigenvalue weighted by Gasteiger charge is -2.31. The van der Waals surface area contributed by atoms with E-state index in [1.165, 1.54) is 28.8 Å². The van der Waals surface area contributed by atoms with E-state index in [-0.39, 0.29) is 59.6 Å². The Morgan fingerprint density at radius 1 is 0.696 bits per heavy atom. The number of aryl methyl sites for hydroxylation is 2. The molecule has 2 saturated heterocycles. The molecule has 0 saturated carbocycles. The minimum atomic E-state index is -0.337. The number of aliphatic hydroxyl groups excluding tert-OH is 1. The van der Waals surface area contributed by atoms with Crippen LogP contribution in [0, 0.1) is 23.5 Å². The number of aliphatic hydroxyl groups is 1. The van der Waals surface area contributed by atoms with Gasteiger partial charge in [0.05, 0.1) is 24.5 Å². The maximum atomic E-state index is 13.2. The summed E-state index contributed by atoms with van der Waals surface area (Å²) in [5.41, 5.74) is 13.2. The molecule has 2 amide bonds. The number of amides is 2. The van der Waals surface area contributed by atoms with Crippen LogP contribution in [0.5, 0.6) is 0 Å². The second-order valence-electron chi connectivity index (χ2n) is 14.1. The summed E-state index contributed by atoms with van der Waals surface area (Å²) in [6.07, 6.45) is 8.33. The van der Waals surface area contributed by atoms with Gasteiger partial charge in [0.15, 0.2) is 11.6 Å². The quantitative estimate of drug-likeness (QED) is 0.160. The van der Waals surface area contributed by atoms with Gasteiger partial charge in [-0.2, -0.15) is 0 Å². The average molecular weight is 775 g/mol. The Morgan fingerprint density at radius 3 is 1.45 bits per heavy atom. The molecular weight excluding hydrogens is 726 g/mol. The van der Waals surface area contributed by atoms with Crippen LogP contribution >= 0.6 is 0 Å².